The molecule has 2 rings (SSSR count). The minimum Gasteiger partial charge on any atom is -0.496 e. The standard InChI is InChI=1S/C18H30N2O/c1-5-19-17(16-8-6-7-9-18(16)21-4)13-20-12-14(2)10-11-15(20)3/h6-9,14-15,17,19H,5,10-13H2,1-4H3. The van der Waals surface area contributed by atoms with Crippen LogP contribution >= 0.6 is 0 Å². The maximum atomic E-state index is 5.55. The fourth-order valence-electron chi connectivity index (χ4n) is 3.34. The SMILES string of the molecule is CCNC(CN1CC(C)CCC1C)c1ccccc1OC. The summed E-state index contributed by atoms with van der Waals surface area (Å²) in [6, 6.07) is 9.39. The van der Waals surface area contributed by atoms with E-state index in [9.17, 15) is 0 Å². The zero-order valence-electron chi connectivity index (χ0n) is 13.9. The van der Waals surface area contributed by atoms with Crippen molar-refractivity contribution in [3.63, 3.8) is 0 Å². The lowest BCUT2D eigenvalue weighted by Crippen LogP contribution is -2.45. The zero-order chi connectivity index (χ0) is 15.2. The topological polar surface area (TPSA) is 24.5 Å². The first-order valence-corrected chi connectivity index (χ1v) is 8.26. The fourth-order valence-corrected chi connectivity index (χ4v) is 3.34. The summed E-state index contributed by atoms with van der Waals surface area (Å²) in [5.41, 5.74) is 1.27. The lowest BCUT2D eigenvalue weighted by Gasteiger charge is -2.39. The molecule has 1 aliphatic heterocycles. The summed E-state index contributed by atoms with van der Waals surface area (Å²) < 4.78 is 5.55. The number of nitrogens with one attached hydrogen (secondary N) is 1. The summed E-state index contributed by atoms with van der Waals surface area (Å²) in [5.74, 6) is 1.79. The number of likely N-dealkylation sites (N-methyl/N-ethyl adjacent to an activating group) is 1. The molecule has 0 saturated carbocycles. The van der Waals surface area contributed by atoms with Crippen molar-refractivity contribution in [2.75, 3.05) is 26.7 Å². The molecule has 3 heteroatoms. The van der Waals surface area contributed by atoms with Crippen LogP contribution < -0.4 is 10.1 Å². The van der Waals surface area contributed by atoms with Gasteiger partial charge in [-0.25, -0.2) is 0 Å². The van der Waals surface area contributed by atoms with Gasteiger partial charge in [0.05, 0.1) is 7.11 Å². The second-order valence-corrected chi connectivity index (χ2v) is 6.34. The molecule has 0 aromatic heterocycles. The van der Waals surface area contributed by atoms with Crippen LogP contribution in [0.5, 0.6) is 5.75 Å². The van der Waals surface area contributed by atoms with E-state index in [0.717, 1.165) is 24.8 Å². The monoisotopic (exact) mass is 290 g/mol. The molecular weight excluding hydrogens is 260 g/mol. The van der Waals surface area contributed by atoms with Gasteiger partial charge in [0, 0.05) is 30.7 Å². The number of para-hydroxylation sites is 1. The average Bonchev–Trinajstić information content (AvgIpc) is 2.50. The molecule has 0 bridgehead atoms. The Kier molecular flexibility index (Phi) is 6.07. The zero-order valence-corrected chi connectivity index (χ0v) is 13.9. The number of benzene rings is 1. The Morgan fingerprint density at radius 2 is 2.05 bits per heavy atom. The summed E-state index contributed by atoms with van der Waals surface area (Å²) in [4.78, 5) is 2.63. The molecule has 3 nitrogen and oxygen atoms in total. The third-order valence-corrected chi connectivity index (χ3v) is 4.63. The minimum atomic E-state index is 0.332. The van der Waals surface area contributed by atoms with Crippen LogP contribution in [0.3, 0.4) is 0 Å². The predicted octanol–water partition coefficient (Wildman–Crippen LogP) is 3.47. The highest BCUT2D eigenvalue weighted by atomic mass is 16.5. The predicted molar refractivity (Wildman–Crippen MR) is 88.8 cm³/mol. The van der Waals surface area contributed by atoms with E-state index in [1.165, 1.54) is 24.9 Å². The number of likely N-dealkylation sites (tertiary alicyclic amines) is 1. The lowest BCUT2D eigenvalue weighted by atomic mass is 9.93. The molecule has 1 aliphatic rings. The number of hydrogen-bond acceptors (Lipinski definition) is 3. The van der Waals surface area contributed by atoms with E-state index in [0.29, 0.717) is 12.1 Å². The van der Waals surface area contributed by atoms with Crippen LogP contribution in [-0.2, 0) is 0 Å². The highest BCUT2D eigenvalue weighted by molar-refractivity contribution is 5.36. The highest BCUT2D eigenvalue weighted by Crippen LogP contribution is 2.28. The Bertz CT molecular complexity index is 435. The summed E-state index contributed by atoms with van der Waals surface area (Å²) in [6.07, 6.45) is 2.67. The van der Waals surface area contributed by atoms with Crippen LogP contribution in [0.1, 0.15) is 45.2 Å². The molecule has 118 valence electrons. The molecule has 0 aliphatic carbocycles. The molecule has 1 N–H and O–H groups in total. The Balaban J connectivity index is 2.14. The number of hydrogen-bond donors (Lipinski definition) is 1. The van der Waals surface area contributed by atoms with Gasteiger partial charge in [0.25, 0.3) is 0 Å². The van der Waals surface area contributed by atoms with Crippen molar-refractivity contribution in [2.45, 2.75) is 45.7 Å². The van der Waals surface area contributed by atoms with Crippen molar-refractivity contribution < 1.29 is 4.74 Å². The van der Waals surface area contributed by atoms with Crippen LogP contribution in [0.2, 0.25) is 0 Å². The Labute approximate surface area is 129 Å². The number of piperidine rings is 1. The maximum Gasteiger partial charge on any atom is 0.123 e. The van der Waals surface area contributed by atoms with Crippen LogP contribution in [0, 0.1) is 5.92 Å². The molecule has 1 aromatic rings. The lowest BCUT2D eigenvalue weighted by molar-refractivity contribution is 0.112. The van der Waals surface area contributed by atoms with Gasteiger partial charge >= 0.3 is 0 Å². The van der Waals surface area contributed by atoms with E-state index < -0.39 is 0 Å². The van der Waals surface area contributed by atoms with Crippen molar-refractivity contribution in [1.29, 1.82) is 0 Å². The van der Waals surface area contributed by atoms with E-state index in [2.05, 4.69) is 49.2 Å². The third-order valence-electron chi connectivity index (χ3n) is 4.63. The van der Waals surface area contributed by atoms with E-state index in [-0.39, 0.29) is 0 Å². The van der Waals surface area contributed by atoms with Gasteiger partial charge in [0.15, 0.2) is 0 Å². The van der Waals surface area contributed by atoms with Crippen molar-refractivity contribution in [3.8, 4) is 5.75 Å². The quantitative estimate of drug-likeness (QED) is 0.868. The van der Waals surface area contributed by atoms with E-state index in [1.807, 2.05) is 6.07 Å². The van der Waals surface area contributed by atoms with Gasteiger partial charge < -0.3 is 10.1 Å². The van der Waals surface area contributed by atoms with Crippen molar-refractivity contribution >= 4 is 0 Å². The summed E-state index contributed by atoms with van der Waals surface area (Å²) in [6.45, 7) is 10.1. The third kappa shape index (κ3) is 4.21. The molecule has 3 atom stereocenters. The van der Waals surface area contributed by atoms with Gasteiger partial charge in [-0.3, -0.25) is 4.90 Å². The maximum absolute atomic E-state index is 5.55. The average molecular weight is 290 g/mol. The molecule has 3 unspecified atom stereocenters. The number of ether oxygens (including phenoxy) is 1. The van der Waals surface area contributed by atoms with Crippen LogP contribution in [0.25, 0.3) is 0 Å². The minimum absolute atomic E-state index is 0.332. The van der Waals surface area contributed by atoms with Gasteiger partial charge in [-0.1, -0.05) is 32.0 Å². The molecular formula is C18H30N2O. The molecule has 0 spiro atoms. The Morgan fingerprint density at radius 3 is 2.76 bits per heavy atom. The van der Waals surface area contributed by atoms with Crippen molar-refractivity contribution in [2.24, 2.45) is 5.92 Å². The van der Waals surface area contributed by atoms with Gasteiger partial charge in [-0.2, -0.15) is 0 Å². The molecule has 1 saturated heterocycles. The van der Waals surface area contributed by atoms with E-state index in [1.54, 1.807) is 7.11 Å². The molecule has 1 heterocycles. The summed E-state index contributed by atoms with van der Waals surface area (Å²) >= 11 is 0. The van der Waals surface area contributed by atoms with Gasteiger partial charge in [-0.05, 0) is 38.3 Å². The largest absolute Gasteiger partial charge is 0.496 e. The number of methoxy groups -OCH3 is 1. The van der Waals surface area contributed by atoms with Crippen LogP contribution in [-0.4, -0.2) is 37.7 Å². The highest BCUT2D eigenvalue weighted by Gasteiger charge is 2.26. The molecule has 21 heavy (non-hydrogen) atoms. The van der Waals surface area contributed by atoms with Crippen LogP contribution in [0.4, 0.5) is 0 Å². The van der Waals surface area contributed by atoms with Crippen molar-refractivity contribution in [3.05, 3.63) is 29.8 Å². The first-order chi connectivity index (χ1) is 10.2. The van der Waals surface area contributed by atoms with E-state index >= 15 is 0 Å². The van der Waals surface area contributed by atoms with Crippen molar-refractivity contribution in [1.82, 2.24) is 10.2 Å². The van der Waals surface area contributed by atoms with Crippen LogP contribution in [0.15, 0.2) is 24.3 Å². The molecule has 1 fully saturated rings. The first-order valence-electron chi connectivity index (χ1n) is 8.26. The number of nitrogens with zero attached hydrogens (tertiary/aromatic N) is 1. The van der Waals surface area contributed by atoms with E-state index in [4.69, 9.17) is 4.74 Å². The second-order valence-electron chi connectivity index (χ2n) is 6.34. The second kappa shape index (κ2) is 7.81. The molecule has 1 aromatic carbocycles. The number of rotatable bonds is 6. The Hall–Kier alpha value is -1.06. The van der Waals surface area contributed by atoms with Gasteiger partial charge in [-0.15, -0.1) is 0 Å². The first kappa shape index (κ1) is 16.3. The normalized spacial score (nSPS) is 24.8. The summed E-state index contributed by atoms with van der Waals surface area (Å²) in [7, 11) is 1.76. The molecule has 0 amide bonds. The Morgan fingerprint density at radius 1 is 1.29 bits per heavy atom. The summed E-state index contributed by atoms with van der Waals surface area (Å²) in [5, 5.41) is 3.63. The van der Waals surface area contributed by atoms with Gasteiger partial charge in [0.2, 0.25) is 0 Å². The smallest absolute Gasteiger partial charge is 0.123 e. The molecule has 0 radical (unpaired) electrons. The fraction of sp³-hybridized carbons (Fsp3) is 0.667. The van der Waals surface area contributed by atoms with Gasteiger partial charge in [0.1, 0.15) is 5.75 Å².